The first kappa shape index (κ1) is 102. The van der Waals surface area contributed by atoms with E-state index in [4.69, 9.17) is 37.0 Å². The third-order valence-electron chi connectivity index (χ3n) is 20.0. The number of hydrogen-bond acceptors (Lipinski definition) is 15. The molecule has 0 aromatic heterocycles. The molecule has 618 valence electrons. The van der Waals surface area contributed by atoms with Gasteiger partial charge in [-0.25, -0.2) is 9.13 Å². The molecule has 0 aliphatic heterocycles. The highest BCUT2D eigenvalue weighted by atomic mass is 31.2. The SMILES string of the molecule is CCCCCCCCCCCCCCCCCCCCCCCC(=O)O[C@H](COC(=O)CCCCCCCCCCCCCCCCCCC(C)C)COP(=O)(O)OC[C@@H](O)COP(=O)(O)OC[C@@H](COC(=O)CCCCCCCCCCCC)OC(=O)CCCCCCCCCCCCCC(C)C. The molecule has 3 N–H and O–H groups in total. The van der Waals surface area contributed by atoms with Crippen molar-refractivity contribution < 1.29 is 80.2 Å². The summed E-state index contributed by atoms with van der Waals surface area (Å²) in [5.74, 6) is -0.526. The zero-order chi connectivity index (χ0) is 76.4. The van der Waals surface area contributed by atoms with E-state index in [0.29, 0.717) is 25.7 Å². The Balaban J connectivity index is 5.22. The lowest BCUT2D eigenvalue weighted by molar-refractivity contribution is -0.161. The highest BCUT2D eigenvalue weighted by Gasteiger charge is 2.30. The second-order valence-electron chi connectivity index (χ2n) is 31.5. The fourth-order valence-corrected chi connectivity index (χ4v) is 14.8. The van der Waals surface area contributed by atoms with Crippen LogP contribution in [-0.4, -0.2) is 96.7 Å². The van der Waals surface area contributed by atoms with Crippen LogP contribution in [0.1, 0.15) is 452 Å². The van der Waals surface area contributed by atoms with E-state index in [1.165, 1.54) is 270 Å². The van der Waals surface area contributed by atoms with Crippen LogP contribution >= 0.6 is 15.6 Å². The lowest BCUT2D eigenvalue weighted by Gasteiger charge is -2.21. The molecule has 0 saturated carbocycles. The number of aliphatic hydroxyl groups is 1. The summed E-state index contributed by atoms with van der Waals surface area (Å²) < 4.78 is 68.8. The maximum Gasteiger partial charge on any atom is 0.472 e. The Morgan fingerprint density at radius 2 is 0.442 bits per heavy atom. The van der Waals surface area contributed by atoms with Crippen LogP contribution in [0.5, 0.6) is 0 Å². The van der Waals surface area contributed by atoms with Crippen molar-refractivity contribution in [2.45, 2.75) is 471 Å². The van der Waals surface area contributed by atoms with Crippen molar-refractivity contribution in [2.24, 2.45) is 11.8 Å². The fourth-order valence-electron chi connectivity index (χ4n) is 13.2. The number of phosphoric acid groups is 2. The summed E-state index contributed by atoms with van der Waals surface area (Å²) in [6.07, 6.45) is 68.1. The van der Waals surface area contributed by atoms with Crippen molar-refractivity contribution in [3.05, 3.63) is 0 Å². The zero-order valence-electron chi connectivity index (χ0n) is 68.3. The number of unbranched alkanes of at least 4 members (excludes halogenated alkanes) is 54. The minimum Gasteiger partial charge on any atom is -0.462 e. The molecule has 0 radical (unpaired) electrons. The van der Waals surface area contributed by atoms with E-state index in [2.05, 4.69) is 41.5 Å². The molecule has 0 fully saturated rings. The molecule has 0 aliphatic rings. The van der Waals surface area contributed by atoms with Crippen molar-refractivity contribution >= 4 is 39.5 Å². The van der Waals surface area contributed by atoms with Crippen molar-refractivity contribution in [1.29, 1.82) is 0 Å². The Kier molecular flexibility index (Phi) is 75.0. The maximum atomic E-state index is 13.1. The van der Waals surface area contributed by atoms with Gasteiger partial charge in [-0.3, -0.25) is 37.3 Å². The normalized spacial score (nSPS) is 13.8. The molecule has 17 nitrogen and oxygen atoms in total. The van der Waals surface area contributed by atoms with Crippen LogP contribution in [0.25, 0.3) is 0 Å². The first-order valence-electron chi connectivity index (χ1n) is 44.0. The van der Waals surface area contributed by atoms with Gasteiger partial charge in [0.2, 0.25) is 0 Å². The molecule has 0 heterocycles. The van der Waals surface area contributed by atoms with Gasteiger partial charge in [-0.1, -0.05) is 401 Å². The third kappa shape index (κ3) is 78.2. The van der Waals surface area contributed by atoms with Crippen LogP contribution in [-0.2, 0) is 65.4 Å². The average molecular weight is 1520 g/mol. The maximum absolute atomic E-state index is 13.1. The minimum absolute atomic E-state index is 0.107. The van der Waals surface area contributed by atoms with E-state index in [0.717, 1.165) is 102 Å². The van der Waals surface area contributed by atoms with Crippen LogP contribution in [0, 0.1) is 11.8 Å². The summed E-state index contributed by atoms with van der Waals surface area (Å²) in [5.41, 5.74) is 0. The summed E-state index contributed by atoms with van der Waals surface area (Å²) >= 11 is 0. The molecular formula is C85H166O17P2. The second kappa shape index (κ2) is 76.4. The number of carbonyl (C=O) groups is 4. The summed E-state index contributed by atoms with van der Waals surface area (Å²) in [5, 5.41) is 10.7. The van der Waals surface area contributed by atoms with E-state index in [-0.39, 0.29) is 25.7 Å². The standard InChI is InChI=1S/C85H166O17P2/c1-7-9-11-13-15-17-19-20-21-22-23-24-25-26-31-34-39-45-51-57-63-69-84(89)101-81(74-96-83(88)68-62-56-50-44-38-33-30-28-27-29-32-36-41-47-53-59-65-77(3)4)76-100-104(93,94)98-72-79(86)71-97-103(91,92)99-75-80(73-95-82(87)67-61-55-49-43-18-16-14-12-10-8-2)102-85(90)70-64-58-52-46-40-35-37-42-48-54-60-66-78(5)6/h77-81,86H,7-76H2,1-6H3,(H,91,92)(H,93,94)/t79-,80+,81+/m0/s1. The predicted octanol–water partition coefficient (Wildman–Crippen LogP) is 25.8. The van der Waals surface area contributed by atoms with E-state index in [9.17, 15) is 43.2 Å². The van der Waals surface area contributed by atoms with Crippen molar-refractivity contribution in [3.8, 4) is 0 Å². The number of carbonyl (C=O) groups excluding carboxylic acids is 4. The Labute approximate surface area is 638 Å². The molecule has 0 spiro atoms. The quantitative estimate of drug-likeness (QED) is 0.0222. The molecular weight excluding hydrogens is 1350 g/mol. The van der Waals surface area contributed by atoms with Crippen molar-refractivity contribution in [2.75, 3.05) is 39.6 Å². The smallest absolute Gasteiger partial charge is 0.462 e. The molecule has 0 saturated heterocycles. The van der Waals surface area contributed by atoms with Crippen LogP contribution in [0.3, 0.4) is 0 Å². The molecule has 0 amide bonds. The van der Waals surface area contributed by atoms with Crippen LogP contribution in [0.2, 0.25) is 0 Å². The Hall–Kier alpha value is -1.94. The minimum atomic E-state index is -4.96. The van der Waals surface area contributed by atoms with E-state index in [1.54, 1.807) is 0 Å². The number of ether oxygens (including phenoxy) is 4. The van der Waals surface area contributed by atoms with Crippen LogP contribution < -0.4 is 0 Å². The molecule has 0 bridgehead atoms. The molecule has 0 aliphatic carbocycles. The summed E-state index contributed by atoms with van der Waals surface area (Å²) in [4.78, 5) is 73.1. The van der Waals surface area contributed by atoms with Gasteiger partial charge in [-0.2, -0.15) is 0 Å². The first-order chi connectivity index (χ1) is 50.4. The fraction of sp³-hybridized carbons (Fsp3) is 0.953. The highest BCUT2D eigenvalue weighted by molar-refractivity contribution is 7.47. The van der Waals surface area contributed by atoms with Crippen LogP contribution in [0.4, 0.5) is 0 Å². The van der Waals surface area contributed by atoms with Gasteiger partial charge in [0, 0.05) is 25.7 Å². The monoisotopic (exact) mass is 1520 g/mol. The number of aliphatic hydroxyl groups excluding tert-OH is 1. The number of phosphoric ester groups is 2. The van der Waals surface area contributed by atoms with Gasteiger partial charge in [0.25, 0.3) is 0 Å². The zero-order valence-corrected chi connectivity index (χ0v) is 70.1. The van der Waals surface area contributed by atoms with E-state index >= 15 is 0 Å². The van der Waals surface area contributed by atoms with Gasteiger partial charge in [0.1, 0.15) is 19.3 Å². The first-order valence-corrected chi connectivity index (χ1v) is 47.0. The Morgan fingerprint density at radius 1 is 0.260 bits per heavy atom. The molecule has 104 heavy (non-hydrogen) atoms. The van der Waals surface area contributed by atoms with Gasteiger partial charge in [0.15, 0.2) is 12.2 Å². The highest BCUT2D eigenvalue weighted by Crippen LogP contribution is 2.45. The predicted molar refractivity (Wildman–Crippen MR) is 428 cm³/mol. The summed E-state index contributed by atoms with van der Waals surface area (Å²) in [6, 6.07) is 0. The van der Waals surface area contributed by atoms with Crippen molar-refractivity contribution in [1.82, 2.24) is 0 Å². The van der Waals surface area contributed by atoms with Gasteiger partial charge in [-0.15, -0.1) is 0 Å². The molecule has 2 unspecified atom stereocenters. The second-order valence-corrected chi connectivity index (χ2v) is 34.4. The molecule has 5 atom stereocenters. The molecule has 0 rings (SSSR count). The molecule has 0 aromatic carbocycles. The van der Waals surface area contributed by atoms with Gasteiger partial charge < -0.3 is 33.8 Å². The number of esters is 4. The van der Waals surface area contributed by atoms with Gasteiger partial charge in [0.05, 0.1) is 26.4 Å². The Bertz CT molecular complexity index is 1990. The average Bonchev–Trinajstić information content (AvgIpc) is 0.918. The topological polar surface area (TPSA) is 237 Å². The Morgan fingerprint density at radius 3 is 0.654 bits per heavy atom. The number of rotatable bonds is 84. The molecule has 19 heteroatoms. The largest absolute Gasteiger partial charge is 0.472 e. The van der Waals surface area contributed by atoms with Gasteiger partial charge >= 0.3 is 39.5 Å². The van der Waals surface area contributed by atoms with E-state index in [1.807, 2.05) is 0 Å². The number of hydrogen-bond donors (Lipinski definition) is 3. The van der Waals surface area contributed by atoms with Gasteiger partial charge in [-0.05, 0) is 37.5 Å². The summed E-state index contributed by atoms with van der Waals surface area (Å²) in [6.45, 7) is 9.68. The summed E-state index contributed by atoms with van der Waals surface area (Å²) in [7, 11) is -9.92. The lowest BCUT2D eigenvalue weighted by Crippen LogP contribution is -2.30. The van der Waals surface area contributed by atoms with E-state index < -0.39 is 97.5 Å². The van der Waals surface area contributed by atoms with Crippen LogP contribution in [0.15, 0.2) is 0 Å². The lowest BCUT2D eigenvalue weighted by atomic mass is 10.0. The van der Waals surface area contributed by atoms with Crippen molar-refractivity contribution in [3.63, 3.8) is 0 Å². The molecule has 0 aromatic rings. The third-order valence-corrected chi connectivity index (χ3v) is 21.9.